The molecule has 2 N–H and O–H groups in total. The second-order valence-corrected chi connectivity index (χ2v) is 6.52. The highest BCUT2D eigenvalue weighted by Crippen LogP contribution is 2.40. The Kier molecular flexibility index (Phi) is 3.36. The van der Waals surface area contributed by atoms with E-state index >= 15 is 0 Å². The Labute approximate surface area is 110 Å². The Morgan fingerprint density at radius 3 is 2.32 bits per heavy atom. The lowest BCUT2D eigenvalue weighted by molar-refractivity contribution is -0.144. The van der Waals surface area contributed by atoms with E-state index in [1.807, 2.05) is 0 Å². The average molecular weight is 287 g/mol. The molecule has 1 aliphatic carbocycles. The van der Waals surface area contributed by atoms with Crippen molar-refractivity contribution in [2.75, 3.05) is 0 Å². The molecular weight excluding hydrogens is 273 g/mol. The molecule has 0 amide bonds. The van der Waals surface area contributed by atoms with Gasteiger partial charge in [0.1, 0.15) is 11.4 Å². The summed E-state index contributed by atoms with van der Waals surface area (Å²) in [4.78, 5) is 11.1. The summed E-state index contributed by atoms with van der Waals surface area (Å²) in [6, 6.07) is 4.24. The van der Waals surface area contributed by atoms with Crippen LogP contribution < -0.4 is 4.72 Å². The van der Waals surface area contributed by atoms with Gasteiger partial charge in [-0.2, -0.15) is 4.72 Å². The van der Waals surface area contributed by atoms with Crippen molar-refractivity contribution in [2.24, 2.45) is 5.92 Å². The van der Waals surface area contributed by atoms with Crippen LogP contribution in [0.4, 0.5) is 4.39 Å². The summed E-state index contributed by atoms with van der Waals surface area (Å²) in [7, 11) is -3.98. The van der Waals surface area contributed by atoms with Gasteiger partial charge < -0.3 is 5.11 Å². The molecule has 5 nitrogen and oxygen atoms in total. The third-order valence-electron chi connectivity index (χ3n) is 3.31. The van der Waals surface area contributed by atoms with Crippen LogP contribution in [0.2, 0.25) is 0 Å². The summed E-state index contributed by atoms with van der Waals surface area (Å²) < 4.78 is 39.2. The third kappa shape index (κ3) is 2.76. The number of hydrogen-bond acceptors (Lipinski definition) is 3. The van der Waals surface area contributed by atoms with E-state index in [4.69, 9.17) is 0 Å². The lowest BCUT2D eigenvalue weighted by Crippen LogP contribution is -2.53. The average Bonchev–Trinajstić information content (AvgIpc) is 3.12. The highest BCUT2D eigenvalue weighted by atomic mass is 32.2. The summed E-state index contributed by atoms with van der Waals surface area (Å²) in [6.45, 7) is 1.36. The van der Waals surface area contributed by atoms with Crippen LogP contribution in [-0.4, -0.2) is 25.0 Å². The number of nitrogens with one attached hydrogen (secondary N) is 1. The first-order chi connectivity index (χ1) is 8.75. The molecule has 104 valence electrons. The lowest BCUT2D eigenvalue weighted by Gasteiger charge is -2.25. The SMILES string of the molecule is CC(NS(=O)(=O)c1ccc(F)cc1)(C(=O)O)C1CC1. The van der Waals surface area contributed by atoms with Crippen molar-refractivity contribution in [2.45, 2.75) is 30.2 Å². The second-order valence-electron chi connectivity index (χ2n) is 4.84. The van der Waals surface area contributed by atoms with E-state index in [-0.39, 0.29) is 10.8 Å². The maximum absolute atomic E-state index is 12.8. The summed E-state index contributed by atoms with van der Waals surface area (Å²) in [5.74, 6) is -1.97. The molecule has 1 aromatic carbocycles. The van der Waals surface area contributed by atoms with Crippen molar-refractivity contribution in [3.8, 4) is 0 Å². The molecule has 0 aliphatic heterocycles. The maximum atomic E-state index is 12.8. The predicted molar refractivity (Wildman–Crippen MR) is 65.5 cm³/mol. The minimum atomic E-state index is -3.98. The molecular formula is C12H14FNO4S. The number of aliphatic carboxylic acids is 1. The summed E-state index contributed by atoms with van der Waals surface area (Å²) in [5, 5.41) is 9.21. The first-order valence-corrected chi connectivity index (χ1v) is 7.27. The second kappa shape index (κ2) is 4.57. The van der Waals surface area contributed by atoms with E-state index in [1.165, 1.54) is 6.92 Å². The Morgan fingerprint density at radius 1 is 1.37 bits per heavy atom. The molecule has 0 bridgehead atoms. The van der Waals surface area contributed by atoms with Gasteiger partial charge >= 0.3 is 5.97 Å². The predicted octanol–water partition coefficient (Wildman–Crippen LogP) is 1.36. The number of hydrogen-bond donors (Lipinski definition) is 2. The van der Waals surface area contributed by atoms with Crippen LogP contribution in [0.15, 0.2) is 29.2 Å². The van der Waals surface area contributed by atoms with Gasteiger partial charge in [-0.05, 0) is 49.9 Å². The molecule has 1 atom stereocenters. The molecule has 1 aromatic rings. The summed E-state index contributed by atoms with van der Waals surface area (Å²) in [5.41, 5.74) is -1.52. The highest BCUT2D eigenvalue weighted by molar-refractivity contribution is 7.89. The van der Waals surface area contributed by atoms with Gasteiger partial charge in [0.15, 0.2) is 0 Å². The number of carboxylic acids is 1. The van der Waals surface area contributed by atoms with Crippen molar-refractivity contribution in [3.05, 3.63) is 30.1 Å². The van der Waals surface area contributed by atoms with Crippen molar-refractivity contribution in [1.29, 1.82) is 0 Å². The molecule has 0 heterocycles. The van der Waals surface area contributed by atoms with Crippen LogP contribution in [0.5, 0.6) is 0 Å². The maximum Gasteiger partial charge on any atom is 0.324 e. The van der Waals surface area contributed by atoms with Gasteiger partial charge in [-0.25, -0.2) is 12.8 Å². The normalized spacial score (nSPS) is 18.8. The van der Waals surface area contributed by atoms with Gasteiger partial charge in [-0.15, -0.1) is 0 Å². The Hall–Kier alpha value is -1.47. The number of carboxylic acid groups (broad SMARTS) is 1. The Morgan fingerprint density at radius 2 is 1.89 bits per heavy atom. The van der Waals surface area contributed by atoms with Crippen LogP contribution in [0.25, 0.3) is 0 Å². The van der Waals surface area contributed by atoms with Crippen LogP contribution in [-0.2, 0) is 14.8 Å². The van der Waals surface area contributed by atoms with Gasteiger partial charge in [-0.1, -0.05) is 0 Å². The third-order valence-corrected chi connectivity index (χ3v) is 4.89. The fraction of sp³-hybridized carbons (Fsp3) is 0.417. The van der Waals surface area contributed by atoms with Crippen molar-refractivity contribution in [3.63, 3.8) is 0 Å². The quantitative estimate of drug-likeness (QED) is 0.856. The number of sulfonamides is 1. The molecule has 1 saturated carbocycles. The van der Waals surface area contributed by atoms with Crippen LogP contribution in [0.1, 0.15) is 19.8 Å². The summed E-state index contributed by atoms with van der Waals surface area (Å²) in [6.07, 6.45) is 1.35. The van der Waals surface area contributed by atoms with E-state index in [1.54, 1.807) is 0 Å². The highest BCUT2D eigenvalue weighted by Gasteiger charge is 2.50. The molecule has 7 heteroatoms. The molecule has 0 spiro atoms. The molecule has 0 saturated heterocycles. The van der Waals surface area contributed by atoms with Crippen LogP contribution in [0, 0.1) is 11.7 Å². The first-order valence-electron chi connectivity index (χ1n) is 5.78. The zero-order valence-electron chi connectivity index (χ0n) is 10.3. The molecule has 2 rings (SSSR count). The van der Waals surface area contributed by atoms with E-state index in [0.717, 1.165) is 24.3 Å². The zero-order valence-corrected chi connectivity index (χ0v) is 11.1. The summed E-state index contributed by atoms with van der Waals surface area (Å²) >= 11 is 0. The van der Waals surface area contributed by atoms with Crippen molar-refractivity contribution < 1.29 is 22.7 Å². The minimum Gasteiger partial charge on any atom is -0.480 e. The van der Waals surface area contributed by atoms with Gasteiger partial charge in [0.2, 0.25) is 10.0 Å². The number of halogens is 1. The van der Waals surface area contributed by atoms with E-state index in [0.29, 0.717) is 12.8 Å². The number of carbonyl (C=O) groups is 1. The van der Waals surface area contributed by atoms with E-state index in [9.17, 15) is 22.7 Å². The standard InChI is InChI=1S/C12H14FNO4S/c1-12(11(15)16,8-2-3-8)14-19(17,18)10-6-4-9(13)5-7-10/h4-8,14H,2-3H2,1H3,(H,15,16). The molecule has 1 fully saturated rings. The largest absolute Gasteiger partial charge is 0.480 e. The molecule has 0 radical (unpaired) electrons. The molecule has 1 aliphatic rings. The lowest BCUT2D eigenvalue weighted by atomic mass is 9.98. The van der Waals surface area contributed by atoms with Gasteiger partial charge in [0, 0.05) is 0 Å². The van der Waals surface area contributed by atoms with Gasteiger partial charge in [-0.3, -0.25) is 4.79 Å². The fourth-order valence-electron chi connectivity index (χ4n) is 1.91. The minimum absolute atomic E-state index is 0.151. The van der Waals surface area contributed by atoms with Crippen molar-refractivity contribution in [1.82, 2.24) is 4.72 Å². The van der Waals surface area contributed by atoms with E-state index in [2.05, 4.69) is 4.72 Å². The van der Waals surface area contributed by atoms with Gasteiger partial charge in [0.25, 0.3) is 0 Å². The number of benzene rings is 1. The topological polar surface area (TPSA) is 83.5 Å². The molecule has 0 aromatic heterocycles. The fourth-order valence-corrected chi connectivity index (χ4v) is 3.34. The van der Waals surface area contributed by atoms with Gasteiger partial charge in [0.05, 0.1) is 4.90 Å². The van der Waals surface area contributed by atoms with Crippen LogP contribution >= 0.6 is 0 Å². The smallest absolute Gasteiger partial charge is 0.324 e. The van der Waals surface area contributed by atoms with Crippen molar-refractivity contribution >= 4 is 16.0 Å². The molecule has 19 heavy (non-hydrogen) atoms. The first kappa shape index (κ1) is 14.0. The zero-order chi connectivity index (χ0) is 14.3. The van der Waals surface area contributed by atoms with E-state index < -0.39 is 27.3 Å². The Bertz CT molecular complexity index is 595. The van der Waals surface area contributed by atoms with Crippen LogP contribution in [0.3, 0.4) is 0 Å². The monoisotopic (exact) mass is 287 g/mol. The molecule has 1 unspecified atom stereocenters. The Balaban J connectivity index is 2.30. The number of rotatable bonds is 5.